The normalized spacial score (nSPS) is 15.6. The highest BCUT2D eigenvalue weighted by Gasteiger charge is 2.20. The molecule has 0 amide bonds. The predicted molar refractivity (Wildman–Crippen MR) is 60.7 cm³/mol. The van der Waals surface area contributed by atoms with Crippen molar-refractivity contribution in [2.24, 2.45) is 5.92 Å². The Labute approximate surface area is 90.7 Å². The molecule has 2 unspecified atom stereocenters. The lowest BCUT2D eigenvalue weighted by Crippen LogP contribution is -2.22. The molecule has 0 bridgehead atoms. The van der Waals surface area contributed by atoms with Gasteiger partial charge in [-0.1, -0.05) is 50.6 Å². The molecule has 2 atom stereocenters. The van der Waals surface area contributed by atoms with Crippen LogP contribution in [-0.2, 0) is 0 Å². The Morgan fingerprint density at radius 2 is 1.71 bits per heavy atom. The molecule has 0 aliphatic carbocycles. The van der Waals surface area contributed by atoms with Gasteiger partial charge >= 0.3 is 0 Å². The van der Waals surface area contributed by atoms with E-state index in [4.69, 9.17) is 11.6 Å². The van der Waals surface area contributed by atoms with E-state index < -0.39 is 0 Å². The Morgan fingerprint density at radius 3 is 2.21 bits per heavy atom. The van der Waals surface area contributed by atoms with E-state index in [1.165, 1.54) is 0 Å². The minimum Gasteiger partial charge on any atom is -0.392 e. The molecule has 0 spiro atoms. The first kappa shape index (κ1) is 11.5. The third kappa shape index (κ3) is 2.49. The summed E-state index contributed by atoms with van der Waals surface area (Å²) in [6, 6.07) is 7.68. The van der Waals surface area contributed by atoms with E-state index >= 15 is 0 Å². The molecule has 0 aromatic heterocycles. The minimum atomic E-state index is -0.338. The van der Waals surface area contributed by atoms with E-state index in [9.17, 15) is 5.11 Å². The second-order valence-corrected chi connectivity index (χ2v) is 4.45. The zero-order valence-electron chi connectivity index (χ0n) is 8.87. The maximum atomic E-state index is 9.91. The molecule has 0 aliphatic rings. The van der Waals surface area contributed by atoms with Crippen molar-refractivity contribution in [1.82, 2.24) is 0 Å². The predicted octanol–water partition coefficient (Wildman–Crippen LogP) is 3.46. The zero-order valence-corrected chi connectivity index (χ0v) is 9.62. The molecule has 78 valence electrons. The summed E-state index contributed by atoms with van der Waals surface area (Å²) in [6.07, 6.45) is -0.338. The van der Waals surface area contributed by atoms with Crippen molar-refractivity contribution in [3.05, 3.63) is 34.9 Å². The summed E-state index contributed by atoms with van der Waals surface area (Å²) < 4.78 is 0. The van der Waals surface area contributed by atoms with Crippen LogP contribution < -0.4 is 0 Å². The van der Waals surface area contributed by atoms with E-state index in [1.54, 1.807) is 0 Å². The largest absolute Gasteiger partial charge is 0.392 e. The topological polar surface area (TPSA) is 20.2 Å². The van der Waals surface area contributed by atoms with Gasteiger partial charge in [-0.15, -0.1) is 0 Å². The molecule has 0 saturated carbocycles. The van der Waals surface area contributed by atoms with E-state index in [2.05, 4.69) is 0 Å². The molecule has 1 aromatic carbocycles. The molecule has 1 aromatic rings. The van der Waals surface area contributed by atoms with Gasteiger partial charge in [0.1, 0.15) is 0 Å². The Bertz CT molecular complexity index is 296. The van der Waals surface area contributed by atoms with E-state index in [1.807, 2.05) is 45.0 Å². The molecule has 1 N–H and O–H groups in total. The van der Waals surface area contributed by atoms with Crippen molar-refractivity contribution in [2.75, 3.05) is 0 Å². The number of aliphatic hydroxyl groups is 1. The number of hydrogen-bond donors (Lipinski definition) is 1. The molecule has 0 radical (unpaired) electrons. The average Bonchev–Trinajstić information content (AvgIpc) is 2.16. The van der Waals surface area contributed by atoms with Gasteiger partial charge in [0.15, 0.2) is 0 Å². The molecule has 0 saturated heterocycles. The van der Waals surface area contributed by atoms with Crippen molar-refractivity contribution < 1.29 is 5.11 Å². The van der Waals surface area contributed by atoms with Crippen molar-refractivity contribution in [1.29, 1.82) is 0 Å². The summed E-state index contributed by atoms with van der Waals surface area (Å²) in [5.41, 5.74) is 1.02. The fraction of sp³-hybridized carbons (Fsp3) is 0.500. The number of halogens is 1. The first-order valence-electron chi connectivity index (χ1n) is 4.96. The maximum Gasteiger partial charge on any atom is 0.0629 e. The molecule has 1 nitrogen and oxygen atoms in total. The van der Waals surface area contributed by atoms with Crippen LogP contribution in [0.1, 0.15) is 32.3 Å². The summed E-state index contributed by atoms with van der Waals surface area (Å²) >= 11 is 6.06. The van der Waals surface area contributed by atoms with Crippen LogP contribution in [-0.4, -0.2) is 11.2 Å². The Hall–Kier alpha value is -0.530. The van der Waals surface area contributed by atoms with Gasteiger partial charge in [0, 0.05) is 10.9 Å². The summed E-state index contributed by atoms with van der Waals surface area (Å²) in [5.74, 6) is 0.338. The summed E-state index contributed by atoms with van der Waals surface area (Å²) in [7, 11) is 0. The van der Waals surface area contributed by atoms with Gasteiger partial charge in [0.2, 0.25) is 0 Å². The standard InChI is InChI=1S/C12H17ClO/c1-8(2)12(14)9(3)10-6-4-5-7-11(10)13/h4-9,12,14H,1-3H3. The fourth-order valence-corrected chi connectivity index (χ4v) is 1.91. The molecule has 0 aliphatic heterocycles. The highest BCUT2D eigenvalue weighted by Crippen LogP contribution is 2.29. The molecule has 0 fully saturated rings. The lowest BCUT2D eigenvalue weighted by molar-refractivity contribution is 0.102. The summed E-state index contributed by atoms with van der Waals surface area (Å²) in [5, 5.41) is 10.7. The van der Waals surface area contributed by atoms with Crippen molar-refractivity contribution in [3.8, 4) is 0 Å². The Kier molecular flexibility index (Phi) is 3.97. The quantitative estimate of drug-likeness (QED) is 0.814. The van der Waals surface area contributed by atoms with Gasteiger partial charge in [-0.2, -0.15) is 0 Å². The van der Waals surface area contributed by atoms with Crippen molar-refractivity contribution >= 4 is 11.6 Å². The van der Waals surface area contributed by atoms with Crippen LogP contribution in [0.25, 0.3) is 0 Å². The van der Waals surface area contributed by atoms with Crippen LogP contribution in [0.15, 0.2) is 24.3 Å². The molecule has 1 rings (SSSR count). The highest BCUT2D eigenvalue weighted by molar-refractivity contribution is 6.31. The van der Waals surface area contributed by atoms with Crippen LogP contribution in [0.3, 0.4) is 0 Å². The Morgan fingerprint density at radius 1 is 1.14 bits per heavy atom. The number of benzene rings is 1. The van der Waals surface area contributed by atoms with Crippen LogP contribution >= 0.6 is 11.6 Å². The summed E-state index contributed by atoms with van der Waals surface area (Å²) in [4.78, 5) is 0. The van der Waals surface area contributed by atoms with E-state index in [0.717, 1.165) is 10.6 Å². The van der Waals surface area contributed by atoms with Crippen LogP contribution in [0.4, 0.5) is 0 Å². The second kappa shape index (κ2) is 4.81. The molecule has 0 heterocycles. The molecule has 14 heavy (non-hydrogen) atoms. The first-order valence-corrected chi connectivity index (χ1v) is 5.34. The molecular formula is C12H17ClO. The molecular weight excluding hydrogens is 196 g/mol. The van der Waals surface area contributed by atoms with E-state index in [-0.39, 0.29) is 17.9 Å². The maximum absolute atomic E-state index is 9.91. The fourth-order valence-electron chi connectivity index (χ4n) is 1.61. The zero-order chi connectivity index (χ0) is 10.7. The lowest BCUT2D eigenvalue weighted by Gasteiger charge is -2.23. The minimum absolute atomic E-state index is 0.0868. The van der Waals surface area contributed by atoms with Gasteiger partial charge in [-0.3, -0.25) is 0 Å². The summed E-state index contributed by atoms with van der Waals surface area (Å²) in [6.45, 7) is 6.03. The van der Waals surface area contributed by atoms with Crippen molar-refractivity contribution in [3.63, 3.8) is 0 Å². The average molecular weight is 213 g/mol. The van der Waals surface area contributed by atoms with Gasteiger partial charge < -0.3 is 5.11 Å². The second-order valence-electron chi connectivity index (χ2n) is 4.04. The lowest BCUT2D eigenvalue weighted by atomic mass is 9.89. The molecule has 2 heteroatoms. The van der Waals surface area contributed by atoms with E-state index in [0.29, 0.717) is 0 Å². The SMILES string of the molecule is CC(C)C(O)C(C)c1ccccc1Cl. The first-order chi connectivity index (χ1) is 6.54. The number of hydrogen-bond acceptors (Lipinski definition) is 1. The highest BCUT2D eigenvalue weighted by atomic mass is 35.5. The van der Waals surface area contributed by atoms with Gasteiger partial charge in [0.05, 0.1) is 6.10 Å². The third-order valence-corrected chi connectivity index (χ3v) is 2.94. The third-order valence-electron chi connectivity index (χ3n) is 2.59. The van der Waals surface area contributed by atoms with Crippen LogP contribution in [0.2, 0.25) is 5.02 Å². The van der Waals surface area contributed by atoms with Crippen LogP contribution in [0.5, 0.6) is 0 Å². The number of rotatable bonds is 3. The van der Waals surface area contributed by atoms with Crippen molar-refractivity contribution in [2.45, 2.75) is 32.8 Å². The van der Waals surface area contributed by atoms with Crippen LogP contribution in [0, 0.1) is 5.92 Å². The van der Waals surface area contributed by atoms with Gasteiger partial charge in [-0.05, 0) is 17.5 Å². The smallest absolute Gasteiger partial charge is 0.0629 e. The van der Waals surface area contributed by atoms with Gasteiger partial charge in [0.25, 0.3) is 0 Å². The Balaban J connectivity index is 2.89. The van der Waals surface area contributed by atoms with Gasteiger partial charge in [-0.25, -0.2) is 0 Å². The monoisotopic (exact) mass is 212 g/mol. The number of aliphatic hydroxyl groups excluding tert-OH is 1.